The molecule has 0 aliphatic heterocycles. The van der Waals surface area contributed by atoms with Gasteiger partial charge in [0.2, 0.25) is 0 Å². The van der Waals surface area contributed by atoms with Crippen LogP contribution >= 0.6 is 38.6 Å². The number of hydrogen-bond acceptors (Lipinski definition) is 4. The van der Waals surface area contributed by atoms with Crippen LogP contribution in [0, 0.1) is 6.92 Å². The van der Waals surface area contributed by atoms with Gasteiger partial charge in [-0.1, -0.05) is 0 Å². The molecule has 2 aromatic rings. The van der Waals surface area contributed by atoms with Crippen LogP contribution in [0.4, 0.5) is 5.13 Å². The Hall–Kier alpha value is -0.390. The van der Waals surface area contributed by atoms with Gasteiger partial charge >= 0.3 is 0 Å². The number of halogens is 1. The number of thiazole rings is 1. The summed E-state index contributed by atoms with van der Waals surface area (Å²) in [5.74, 6) is 0. The summed E-state index contributed by atoms with van der Waals surface area (Å²) in [6, 6.07) is 2.08. The molecule has 13 heavy (non-hydrogen) atoms. The number of aromatic nitrogens is 1. The van der Waals surface area contributed by atoms with Crippen molar-refractivity contribution in [2.75, 3.05) is 5.73 Å². The molecule has 5 heteroatoms. The first kappa shape index (κ1) is 9.18. The first-order valence-electron chi connectivity index (χ1n) is 3.64. The second-order valence-electron chi connectivity index (χ2n) is 2.59. The Kier molecular flexibility index (Phi) is 2.40. The van der Waals surface area contributed by atoms with Crippen LogP contribution in [0.5, 0.6) is 0 Å². The van der Waals surface area contributed by atoms with Crippen LogP contribution in [-0.2, 0) is 0 Å². The zero-order chi connectivity index (χ0) is 9.42. The minimum absolute atomic E-state index is 0.622. The first-order valence-corrected chi connectivity index (χ1v) is 6.13. The van der Waals surface area contributed by atoms with Crippen molar-refractivity contribution < 1.29 is 0 Å². The molecule has 2 heterocycles. The van der Waals surface area contributed by atoms with Gasteiger partial charge in [-0.3, -0.25) is 0 Å². The smallest absolute Gasteiger partial charge is 0.180 e. The Morgan fingerprint density at radius 3 is 2.77 bits per heavy atom. The molecule has 0 spiro atoms. The maximum Gasteiger partial charge on any atom is 0.180 e. The second-order valence-corrected chi connectivity index (χ2v) is 6.12. The minimum Gasteiger partial charge on any atom is -0.375 e. The summed E-state index contributed by atoms with van der Waals surface area (Å²) in [6.07, 6.45) is 0. The number of nitrogen functional groups attached to an aromatic ring is 1. The minimum atomic E-state index is 0.622. The van der Waals surface area contributed by atoms with Gasteiger partial charge in [0.25, 0.3) is 0 Å². The van der Waals surface area contributed by atoms with E-state index in [1.807, 2.05) is 5.38 Å². The van der Waals surface area contributed by atoms with Crippen molar-refractivity contribution in [3.8, 4) is 11.3 Å². The van der Waals surface area contributed by atoms with Crippen molar-refractivity contribution in [3.05, 3.63) is 20.1 Å². The molecule has 0 atom stereocenters. The van der Waals surface area contributed by atoms with Gasteiger partial charge in [0.15, 0.2) is 5.13 Å². The van der Waals surface area contributed by atoms with E-state index >= 15 is 0 Å². The molecule has 68 valence electrons. The number of hydrogen-bond donors (Lipinski definition) is 1. The number of nitrogens with two attached hydrogens (primary N) is 1. The Bertz CT molecular complexity index is 433. The third-order valence-corrected chi connectivity index (χ3v) is 3.91. The lowest BCUT2D eigenvalue weighted by atomic mass is 10.2. The summed E-state index contributed by atoms with van der Waals surface area (Å²) < 4.78 is 1.13. The molecular weight excluding hydrogens is 268 g/mol. The highest BCUT2D eigenvalue weighted by atomic mass is 79.9. The summed E-state index contributed by atoms with van der Waals surface area (Å²) in [4.78, 5) is 5.50. The number of anilines is 1. The molecule has 2 nitrogen and oxygen atoms in total. The van der Waals surface area contributed by atoms with E-state index in [1.165, 1.54) is 21.8 Å². The molecule has 0 unspecified atom stereocenters. The van der Waals surface area contributed by atoms with Gasteiger partial charge in [-0.15, -0.1) is 22.7 Å². The van der Waals surface area contributed by atoms with Crippen molar-refractivity contribution in [2.24, 2.45) is 0 Å². The summed E-state index contributed by atoms with van der Waals surface area (Å²) in [5.41, 5.74) is 7.72. The van der Waals surface area contributed by atoms with Crippen LogP contribution in [0.1, 0.15) is 4.88 Å². The second kappa shape index (κ2) is 3.40. The van der Waals surface area contributed by atoms with Gasteiger partial charge in [-0.2, -0.15) is 0 Å². The van der Waals surface area contributed by atoms with Gasteiger partial charge < -0.3 is 5.73 Å². The highest BCUT2D eigenvalue weighted by Gasteiger charge is 2.08. The number of rotatable bonds is 1. The molecule has 0 fully saturated rings. The molecule has 2 rings (SSSR count). The number of nitrogens with zero attached hydrogens (tertiary/aromatic N) is 1. The van der Waals surface area contributed by atoms with Crippen molar-refractivity contribution in [2.45, 2.75) is 6.92 Å². The van der Waals surface area contributed by atoms with Gasteiger partial charge in [0.1, 0.15) is 0 Å². The van der Waals surface area contributed by atoms with Gasteiger partial charge in [0.05, 0.1) is 9.48 Å². The van der Waals surface area contributed by atoms with E-state index in [0.717, 1.165) is 9.48 Å². The Morgan fingerprint density at radius 1 is 1.54 bits per heavy atom. The third-order valence-electron chi connectivity index (χ3n) is 1.69. The summed E-state index contributed by atoms with van der Waals surface area (Å²) >= 11 is 6.64. The van der Waals surface area contributed by atoms with Crippen molar-refractivity contribution in [1.29, 1.82) is 0 Å². The quantitative estimate of drug-likeness (QED) is 0.864. The Labute approximate surface area is 92.6 Å². The van der Waals surface area contributed by atoms with Crippen LogP contribution in [0.15, 0.2) is 15.2 Å². The van der Waals surface area contributed by atoms with Crippen LogP contribution in [0.3, 0.4) is 0 Å². The van der Waals surface area contributed by atoms with E-state index in [0.29, 0.717) is 5.13 Å². The van der Waals surface area contributed by atoms with Gasteiger partial charge in [-0.25, -0.2) is 4.98 Å². The normalized spacial score (nSPS) is 10.6. The highest BCUT2D eigenvalue weighted by molar-refractivity contribution is 9.11. The first-order chi connectivity index (χ1) is 6.16. The molecule has 0 bridgehead atoms. The zero-order valence-electron chi connectivity index (χ0n) is 6.87. The molecule has 0 radical (unpaired) electrons. The summed E-state index contributed by atoms with van der Waals surface area (Å²) in [7, 11) is 0. The third kappa shape index (κ3) is 1.77. The average molecular weight is 275 g/mol. The van der Waals surface area contributed by atoms with E-state index in [2.05, 4.69) is 33.9 Å². The average Bonchev–Trinajstić information content (AvgIpc) is 2.58. The monoisotopic (exact) mass is 274 g/mol. The van der Waals surface area contributed by atoms with Crippen LogP contribution in [0.2, 0.25) is 0 Å². The lowest BCUT2D eigenvalue weighted by Gasteiger charge is -1.91. The molecular formula is C8H7BrN2S2. The molecule has 2 N–H and O–H groups in total. The van der Waals surface area contributed by atoms with Crippen LogP contribution in [0.25, 0.3) is 11.3 Å². The predicted octanol–water partition coefficient (Wildman–Crippen LogP) is 3.52. The summed E-state index contributed by atoms with van der Waals surface area (Å²) in [6.45, 7) is 2.08. The number of aryl methyl sites for hydroxylation is 1. The standard InChI is InChI=1S/C8H7BrN2S2/c1-4-5(2-7(9)13-4)6-3-12-8(10)11-6/h2-3H,1H3,(H2,10,11). The largest absolute Gasteiger partial charge is 0.375 e. The van der Waals surface area contributed by atoms with Gasteiger partial charge in [0, 0.05) is 15.8 Å². The maximum atomic E-state index is 5.57. The van der Waals surface area contributed by atoms with E-state index in [4.69, 9.17) is 5.73 Å². The van der Waals surface area contributed by atoms with Crippen molar-refractivity contribution in [3.63, 3.8) is 0 Å². The Balaban J connectivity index is 2.51. The SMILES string of the molecule is Cc1sc(Br)cc1-c1csc(N)n1. The van der Waals surface area contributed by atoms with Crippen molar-refractivity contribution in [1.82, 2.24) is 4.98 Å². The van der Waals surface area contributed by atoms with E-state index < -0.39 is 0 Å². The zero-order valence-corrected chi connectivity index (χ0v) is 10.1. The molecule has 2 aromatic heterocycles. The molecule has 0 aliphatic rings. The van der Waals surface area contributed by atoms with Crippen LogP contribution < -0.4 is 5.73 Å². The fourth-order valence-electron chi connectivity index (χ4n) is 1.11. The lowest BCUT2D eigenvalue weighted by molar-refractivity contribution is 1.41. The van der Waals surface area contributed by atoms with E-state index in [-0.39, 0.29) is 0 Å². The molecule has 0 amide bonds. The van der Waals surface area contributed by atoms with Gasteiger partial charge in [-0.05, 0) is 28.9 Å². The molecule has 0 aliphatic carbocycles. The summed E-state index contributed by atoms with van der Waals surface area (Å²) in [5, 5.41) is 2.60. The lowest BCUT2D eigenvalue weighted by Crippen LogP contribution is -1.82. The number of thiophene rings is 1. The fourth-order valence-corrected chi connectivity index (χ4v) is 3.37. The topological polar surface area (TPSA) is 38.9 Å². The maximum absolute atomic E-state index is 5.57. The fraction of sp³-hybridized carbons (Fsp3) is 0.125. The van der Waals surface area contributed by atoms with Crippen molar-refractivity contribution >= 4 is 43.7 Å². The van der Waals surface area contributed by atoms with E-state index in [1.54, 1.807) is 11.3 Å². The molecule has 0 aromatic carbocycles. The molecule has 0 saturated carbocycles. The van der Waals surface area contributed by atoms with Crippen LogP contribution in [-0.4, -0.2) is 4.98 Å². The molecule has 0 saturated heterocycles. The highest BCUT2D eigenvalue weighted by Crippen LogP contribution is 2.34. The van der Waals surface area contributed by atoms with E-state index in [9.17, 15) is 0 Å². The Morgan fingerprint density at radius 2 is 2.31 bits per heavy atom. The predicted molar refractivity (Wildman–Crippen MR) is 62.3 cm³/mol.